The van der Waals surface area contributed by atoms with Gasteiger partial charge >= 0.3 is 0 Å². The highest BCUT2D eigenvalue weighted by molar-refractivity contribution is 5.84. The second-order valence-corrected chi connectivity index (χ2v) is 5.82. The maximum Gasteiger partial charge on any atom is 0.238 e. The standard InChI is InChI=1S/C13H25N3O/c1-13(15-2,12(14)17)9-16-8-7-10-5-3-4-6-11(10)16/h10-11,15H,3-9H2,1-2H3,(H2,14,17). The fourth-order valence-corrected chi connectivity index (χ4v) is 3.39. The van der Waals surface area contributed by atoms with Crippen molar-refractivity contribution in [1.29, 1.82) is 0 Å². The summed E-state index contributed by atoms with van der Waals surface area (Å²) in [6, 6.07) is 0.691. The molecule has 0 aromatic rings. The van der Waals surface area contributed by atoms with Crippen LogP contribution < -0.4 is 11.1 Å². The molecule has 1 amide bonds. The van der Waals surface area contributed by atoms with Crippen LogP contribution in [0.1, 0.15) is 39.0 Å². The van der Waals surface area contributed by atoms with Gasteiger partial charge in [-0.2, -0.15) is 0 Å². The number of hydrogen-bond acceptors (Lipinski definition) is 3. The third-order valence-electron chi connectivity index (χ3n) is 4.74. The van der Waals surface area contributed by atoms with E-state index in [1.165, 1.54) is 32.1 Å². The average molecular weight is 239 g/mol. The van der Waals surface area contributed by atoms with E-state index in [1.807, 2.05) is 14.0 Å². The van der Waals surface area contributed by atoms with Crippen LogP contribution in [0, 0.1) is 5.92 Å². The highest BCUT2D eigenvalue weighted by Gasteiger charge is 2.40. The van der Waals surface area contributed by atoms with E-state index in [1.54, 1.807) is 0 Å². The van der Waals surface area contributed by atoms with Crippen LogP contribution in [-0.2, 0) is 4.79 Å². The van der Waals surface area contributed by atoms with Crippen molar-refractivity contribution in [2.24, 2.45) is 11.7 Å². The summed E-state index contributed by atoms with van der Waals surface area (Å²) in [5.41, 5.74) is 4.91. The Labute approximate surface area is 104 Å². The van der Waals surface area contributed by atoms with Crippen molar-refractivity contribution < 1.29 is 4.79 Å². The molecule has 4 nitrogen and oxygen atoms in total. The van der Waals surface area contributed by atoms with Crippen molar-refractivity contribution >= 4 is 5.91 Å². The van der Waals surface area contributed by atoms with Crippen molar-refractivity contribution in [1.82, 2.24) is 10.2 Å². The molecule has 3 atom stereocenters. The highest BCUT2D eigenvalue weighted by atomic mass is 16.1. The van der Waals surface area contributed by atoms with Gasteiger partial charge in [0.2, 0.25) is 5.91 Å². The average Bonchev–Trinajstić information content (AvgIpc) is 2.72. The molecule has 0 radical (unpaired) electrons. The molecule has 1 aliphatic carbocycles. The molecule has 4 heteroatoms. The number of hydrogen-bond donors (Lipinski definition) is 2. The minimum atomic E-state index is -0.591. The van der Waals surface area contributed by atoms with E-state index < -0.39 is 5.54 Å². The Morgan fingerprint density at radius 2 is 2.12 bits per heavy atom. The van der Waals surface area contributed by atoms with E-state index in [0.29, 0.717) is 6.04 Å². The van der Waals surface area contributed by atoms with Crippen LogP contribution in [0.5, 0.6) is 0 Å². The van der Waals surface area contributed by atoms with Crippen molar-refractivity contribution in [2.45, 2.75) is 50.6 Å². The number of carbonyl (C=O) groups is 1. The van der Waals surface area contributed by atoms with Gasteiger partial charge in [-0.25, -0.2) is 0 Å². The Bertz CT molecular complexity index is 294. The predicted octanol–water partition coefficient (Wildman–Crippen LogP) is 0.714. The predicted molar refractivity (Wildman–Crippen MR) is 68.6 cm³/mol. The van der Waals surface area contributed by atoms with Crippen molar-refractivity contribution in [3.63, 3.8) is 0 Å². The Kier molecular flexibility index (Phi) is 3.73. The number of nitrogens with two attached hydrogens (primary N) is 1. The van der Waals surface area contributed by atoms with E-state index in [2.05, 4.69) is 10.2 Å². The van der Waals surface area contributed by atoms with E-state index in [0.717, 1.165) is 19.0 Å². The SMILES string of the molecule is CNC(C)(CN1CCC2CCCCC21)C(N)=O. The quantitative estimate of drug-likeness (QED) is 0.760. The number of rotatable bonds is 4. The van der Waals surface area contributed by atoms with Gasteiger partial charge in [-0.05, 0) is 45.7 Å². The monoisotopic (exact) mass is 239 g/mol. The number of amides is 1. The molecule has 0 aromatic heterocycles. The Morgan fingerprint density at radius 3 is 2.76 bits per heavy atom. The maximum atomic E-state index is 11.5. The summed E-state index contributed by atoms with van der Waals surface area (Å²) >= 11 is 0. The van der Waals surface area contributed by atoms with E-state index >= 15 is 0 Å². The molecule has 0 spiro atoms. The molecule has 17 heavy (non-hydrogen) atoms. The van der Waals surface area contributed by atoms with Crippen LogP contribution in [0.2, 0.25) is 0 Å². The van der Waals surface area contributed by atoms with Gasteiger partial charge < -0.3 is 11.1 Å². The van der Waals surface area contributed by atoms with Crippen molar-refractivity contribution in [2.75, 3.05) is 20.1 Å². The molecule has 0 bridgehead atoms. The van der Waals surface area contributed by atoms with Gasteiger partial charge in [-0.3, -0.25) is 9.69 Å². The van der Waals surface area contributed by atoms with Crippen LogP contribution in [0.15, 0.2) is 0 Å². The third-order valence-corrected chi connectivity index (χ3v) is 4.74. The van der Waals surface area contributed by atoms with Gasteiger partial charge in [0.05, 0.1) is 0 Å². The fourth-order valence-electron chi connectivity index (χ4n) is 3.39. The Hall–Kier alpha value is -0.610. The summed E-state index contributed by atoms with van der Waals surface area (Å²) < 4.78 is 0. The summed E-state index contributed by atoms with van der Waals surface area (Å²) in [5, 5.41) is 3.08. The Morgan fingerprint density at radius 1 is 1.41 bits per heavy atom. The molecule has 3 N–H and O–H groups in total. The topological polar surface area (TPSA) is 58.4 Å². The first-order valence-corrected chi connectivity index (χ1v) is 6.80. The molecule has 1 heterocycles. The molecule has 2 rings (SSSR count). The molecular weight excluding hydrogens is 214 g/mol. The molecule has 2 fully saturated rings. The van der Waals surface area contributed by atoms with Crippen LogP contribution in [0.4, 0.5) is 0 Å². The summed E-state index contributed by atoms with van der Waals surface area (Å²) in [6.45, 7) is 3.78. The summed E-state index contributed by atoms with van der Waals surface area (Å²) in [7, 11) is 1.82. The van der Waals surface area contributed by atoms with Gasteiger partial charge in [-0.1, -0.05) is 12.8 Å². The van der Waals surface area contributed by atoms with Crippen molar-refractivity contribution in [3.05, 3.63) is 0 Å². The lowest BCUT2D eigenvalue weighted by Gasteiger charge is -2.37. The minimum Gasteiger partial charge on any atom is -0.368 e. The first kappa shape index (κ1) is 12.8. The number of likely N-dealkylation sites (N-methyl/N-ethyl adjacent to an activating group) is 1. The zero-order valence-electron chi connectivity index (χ0n) is 11.0. The second-order valence-electron chi connectivity index (χ2n) is 5.82. The summed E-state index contributed by atoms with van der Waals surface area (Å²) in [5.74, 6) is 0.608. The number of nitrogens with one attached hydrogen (secondary N) is 1. The smallest absolute Gasteiger partial charge is 0.238 e. The number of likely N-dealkylation sites (tertiary alicyclic amines) is 1. The first-order chi connectivity index (χ1) is 8.07. The van der Waals surface area contributed by atoms with Gasteiger partial charge in [0.15, 0.2) is 0 Å². The molecular formula is C13H25N3O. The highest BCUT2D eigenvalue weighted by Crippen LogP contribution is 2.36. The van der Waals surface area contributed by atoms with Crippen LogP contribution >= 0.6 is 0 Å². The molecule has 0 aromatic carbocycles. The van der Waals surface area contributed by atoms with Crippen LogP contribution in [0.25, 0.3) is 0 Å². The third kappa shape index (κ3) is 2.47. The molecule has 1 saturated heterocycles. The number of carbonyl (C=O) groups excluding carboxylic acids is 1. The maximum absolute atomic E-state index is 11.5. The molecule has 1 saturated carbocycles. The lowest BCUT2D eigenvalue weighted by Crippen LogP contribution is -2.59. The van der Waals surface area contributed by atoms with Crippen LogP contribution in [-0.4, -0.2) is 42.5 Å². The fraction of sp³-hybridized carbons (Fsp3) is 0.923. The van der Waals surface area contributed by atoms with E-state index in [9.17, 15) is 4.79 Å². The number of primary amides is 1. The summed E-state index contributed by atoms with van der Waals surface area (Å²) in [4.78, 5) is 14.0. The van der Waals surface area contributed by atoms with E-state index in [-0.39, 0.29) is 5.91 Å². The zero-order valence-corrected chi connectivity index (χ0v) is 11.0. The van der Waals surface area contributed by atoms with Gasteiger partial charge in [-0.15, -0.1) is 0 Å². The molecule has 2 aliphatic rings. The lowest BCUT2D eigenvalue weighted by molar-refractivity contribution is -0.124. The van der Waals surface area contributed by atoms with Gasteiger partial charge in [0, 0.05) is 12.6 Å². The number of nitrogens with zero attached hydrogens (tertiary/aromatic N) is 1. The number of fused-ring (bicyclic) bond motifs is 1. The van der Waals surface area contributed by atoms with Crippen molar-refractivity contribution in [3.8, 4) is 0 Å². The molecule has 1 aliphatic heterocycles. The van der Waals surface area contributed by atoms with Gasteiger partial charge in [0.1, 0.15) is 5.54 Å². The molecule has 98 valence electrons. The first-order valence-electron chi connectivity index (χ1n) is 6.80. The second kappa shape index (κ2) is 4.94. The zero-order chi connectivity index (χ0) is 12.5. The van der Waals surface area contributed by atoms with Gasteiger partial charge in [0.25, 0.3) is 0 Å². The Balaban J connectivity index is 2.01. The minimum absolute atomic E-state index is 0.251. The van der Waals surface area contributed by atoms with Crippen LogP contribution in [0.3, 0.4) is 0 Å². The lowest BCUT2D eigenvalue weighted by atomic mass is 9.85. The summed E-state index contributed by atoms with van der Waals surface area (Å²) in [6.07, 6.45) is 6.68. The molecule has 3 unspecified atom stereocenters. The van der Waals surface area contributed by atoms with E-state index in [4.69, 9.17) is 5.73 Å². The normalized spacial score (nSPS) is 33.1. The largest absolute Gasteiger partial charge is 0.368 e.